The van der Waals surface area contributed by atoms with Crippen molar-refractivity contribution in [3.05, 3.63) is 65.3 Å². The molecule has 0 aliphatic rings. The zero-order chi connectivity index (χ0) is 20.6. The number of fused-ring (bicyclic) bond motifs is 1. The number of nitrogens with one attached hydrogen (secondary N) is 1. The minimum atomic E-state index is -4.44. The molecular weight excluding hydrogens is 396 g/mol. The molecule has 4 rings (SSSR count). The van der Waals surface area contributed by atoms with E-state index in [1.54, 1.807) is 0 Å². The SMILES string of the molecule is O=C(OCc1coc(-c2ccc(C(F)(F)F)cc2)n1)c1cc(F)cc2n[nH]nc12. The van der Waals surface area contributed by atoms with Gasteiger partial charge in [-0.2, -0.15) is 28.6 Å². The van der Waals surface area contributed by atoms with Gasteiger partial charge in [-0.1, -0.05) is 0 Å². The number of rotatable bonds is 4. The van der Waals surface area contributed by atoms with Crippen molar-refractivity contribution in [2.75, 3.05) is 0 Å². The highest BCUT2D eigenvalue weighted by molar-refractivity contribution is 6.01. The van der Waals surface area contributed by atoms with E-state index in [0.717, 1.165) is 24.3 Å². The molecule has 0 saturated heterocycles. The number of hydrogen-bond donors (Lipinski definition) is 1. The molecule has 2 heterocycles. The zero-order valence-corrected chi connectivity index (χ0v) is 14.3. The van der Waals surface area contributed by atoms with E-state index in [9.17, 15) is 22.4 Å². The quantitative estimate of drug-likeness (QED) is 0.405. The lowest BCUT2D eigenvalue weighted by molar-refractivity contribution is -0.137. The first-order chi connectivity index (χ1) is 13.8. The van der Waals surface area contributed by atoms with Crippen LogP contribution in [0, 0.1) is 5.82 Å². The van der Waals surface area contributed by atoms with Crippen LogP contribution in [-0.4, -0.2) is 26.4 Å². The van der Waals surface area contributed by atoms with Crippen molar-refractivity contribution >= 4 is 17.0 Å². The van der Waals surface area contributed by atoms with Gasteiger partial charge >= 0.3 is 12.1 Å². The van der Waals surface area contributed by atoms with Gasteiger partial charge in [-0.05, 0) is 30.3 Å². The molecule has 0 atom stereocenters. The minimum Gasteiger partial charge on any atom is -0.455 e. The third-order valence-corrected chi connectivity index (χ3v) is 3.97. The predicted octanol–water partition coefficient (Wildman–Crippen LogP) is 4.13. The lowest BCUT2D eigenvalue weighted by Crippen LogP contribution is -2.07. The van der Waals surface area contributed by atoms with E-state index in [-0.39, 0.29) is 34.8 Å². The minimum absolute atomic E-state index is 0.0643. The van der Waals surface area contributed by atoms with Gasteiger partial charge in [-0.15, -0.1) is 0 Å². The summed E-state index contributed by atoms with van der Waals surface area (Å²) in [5.41, 5.74) is -0.0348. The maximum atomic E-state index is 13.6. The van der Waals surface area contributed by atoms with Crippen molar-refractivity contribution in [3.8, 4) is 11.5 Å². The first kappa shape index (κ1) is 18.6. The van der Waals surface area contributed by atoms with Crippen LogP contribution in [0.3, 0.4) is 0 Å². The molecule has 0 spiro atoms. The van der Waals surface area contributed by atoms with Crippen LogP contribution in [0.1, 0.15) is 21.6 Å². The lowest BCUT2D eigenvalue weighted by Gasteiger charge is -2.06. The Morgan fingerprint density at radius 3 is 2.62 bits per heavy atom. The van der Waals surface area contributed by atoms with Crippen molar-refractivity contribution in [1.82, 2.24) is 20.4 Å². The maximum absolute atomic E-state index is 13.6. The van der Waals surface area contributed by atoms with Crippen LogP contribution in [0.5, 0.6) is 0 Å². The van der Waals surface area contributed by atoms with Crippen LogP contribution in [-0.2, 0) is 17.5 Å². The molecule has 2 aromatic heterocycles. The Kier molecular flexibility index (Phi) is 4.49. The van der Waals surface area contributed by atoms with Crippen LogP contribution in [0.15, 0.2) is 47.1 Å². The average molecular weight is 406 g/mol. The summed E-state index contributed by atoms with van der Waals surface area (Å²) in [6, 6.07) is 6.35. The molecular formula is C18H10F4N4O3. The molecule has 0 radical (unpaired) electrons. The van der Waals surface area contributed by atoms with Crippen molar-refractivity contribution < 1.29 is 31.5 Å². The Balaban J connectivity index is 1.47. The van der Waals surface area contributed by atoms with Crippen LogP contribution in [0.2, 0.25) is 0 Å². The Hall–Kier alpha value is -3.76. The summed E-state index contributed by atoms with van der Waals surface area (Å²) in [7, 11) is 0. The van der Waals surface area contributed by atoms with Crippen molar-refractivity contribution in [2.24, 2.45) is 0 Å². The van der Waals surface area contributed by atoms with E-state index >= 15 is 0 Å². The Labute approximate surface area is 159 Å². The molecule has 11 heteroatoms. The molecule has 29 heavy (non-hydrogen) atoms. The number of carbonyl (C=O) groups excluding carboxylic acids is 1. The number of aromatic amines is 1. The Bertz CT molecular complexity index is 1180. The summed E-state index contributed by atoms with van der Waals surface area (Å²) >= 11 is 0. The van der Waals surface area contributed by atoms with Gasteiger partial charge in [0.1, 0.15) is 35.4 Å². The number of ether oxygens (including phenoxy) is 1. The summed E-state index contributed by atoms with van der Waals surface area (Å²) in [5.74, 6) is -1.46. The fraction of sp³-hybridized carbons (Fsp3) is 0.111. The molecule has 0 fully saturated rings. The number of aromatic nitrogens is 4. The molecule has 2 aromatic carbocycles. The maximum Gasteiger partial charge on any atom is 0.416 e. The fourth-order valence-electron chi connectivity index (χ4n) is 2.60. The van der Waals surface area contributed by atoms with E-state index in [2.05, 4.69) is 20.4 Å². The second kappa shape index (κ2) is 7.00. The van der Waals surface area contributed by atoms with Crippen LogP contribution in [0.25, 0.3) is 22.5 Å². The molecule has 0 amide bonds. The number of H-pyrrole nitrogens is 1. The van der Waals surface area contributed by atoms with E-state index in [1.165, 1.54) is 18.4 Å². The largest absolute Gasteiger partial charge is 0.455 e. The molecule has 0 aliphatic heterocycles. The number of esters is 1. The summed E-state index contributed by atoms with van der Waals surface area (Å²) in [4.78, 5) is 16.3. The van der Waals surface area contributed by atoms with Crippen molar-refractivity contribution in [3.63, 3.8) is 0 Å². The zero-order valence-electron chi connectivity index (χ0n) is 14.3. The molecule has 4 aromatic rings. The summed E-state index contributed by atoms with van der Waals surface area (Å²) in [6.45, 7) is -0.293. The molecule has 148 valence electrons. The fourth-order valence-corrected chi connectivity index (χ4v) is 2.60. The number of benzene rings is 2. The second-order valence-corrected chi connectivity index (χ2v) is 5.94. The smallest absolute Gasteiger partial charge is 0.416 e. The van der Waals surface area contributed by atoms with Gasteiger partial charge in [0.05, 0.1) is 11.1 Å². The number of oxazole rings is 1. The van der Waals surface area contributed by atoms with E-state index in [0.29, 0.717) is 5.56 Å². The summed E-state index contributed by atoms with van der Waals surface area (Å²) < 4.78 is 61.8. The monoisotopic (exact) mass is 406 g/mol. The lowest BCUT2D eigenvalue weighted by atomic mass is 10.1. The van der Waals surface area contributed by atoms with Crippen LogP contribution >= 0.6 is 0 Å². The first-order valence-corrected chi connectivity index (χ1v) is 8.10. The average Bonchev–Trinajstić information content (AvgIpc) is 3.34. The first-order valence-electron chi connectivity index (χ1n) is 8.10. The Morgan fingerprint density at radius 1 is 1.14 bits per heavy atom. The summed E-state index contributed by atoms with van der Waals surface area (Å²) in [6.07, 6.45) is -3.24. The van der Waals surface area contributed by atoms with Crippen molar-refractivity contribution in [1.29, 1.82) is 0 Å². The normalized spacial score (nSPS) is 11.7. The number of carbonyl (C=O) groups is 1. The van der Waals surface area contributed by atoms with Gasteiger partial charge in [0.2, 0.25) is 5.89 Å². The van der Waals surface area contributed by atoms with Crippen molar-refractivity contribution in [2.45, 2.75) is 12.8 Å². The van der Waals surface area contributed by atoms with Crippen LogP contribution in [0.4, 0.5) is 17.6 Å². The second-order valence-electron chi connectivity index (χ2n) is 5.94. The molecule has 1 N–H and O–H groups in total. The number of nitrogens with zero attached hydrogens (tertiary/aromatic N) is 3. The van der Waals surface area contributed by atoms with Gasteiger partial charge in [0, 0.05) is 11.6 Å². The van der Waals surface area contributed by atoms with Gasteiger partial charge in [0.25, 0.3) is 0 Å². The van der Waals surface area contributed by atoms with Gasteiger partial charge in [-0.25, -0.2) is 14.2 Å². The highest BCUT2D eigenvalue weighted by Crippen LogP contribution is 2.30. The van der Waals surface area contributed by atoms with E-state index in [4.69, 9.17) is 9.15 Å². The third-order valence-electron chi connectivity index (χ3n) is 3.97. The standard InChI is InChI=1S/C18H10F4N4O3/c19-11-5-13(15-14(6-11)24-26-25-15)17(27)29-8-12-7-28-16(23-12)9-1-3-10(4-2-9)18(20,21)22/h1-7H,8H2,(H,24,25,26). The van der Waals surface area contributed by atoms with E-state index in [1.807, 2.05) is 0 Å². The third kappa shape index (κ3) is 3.79. The number of hydrogen-bond acceptors (Lipinski definition) is 6. The Morgan fingerprint density at radius 2 is 1.90 bits per heavy atom. The van der Waals surface area contributed by atoms with Crippen LogP contribution < -0.4 is 0 Å². The van der Waals surface area contributed by atoms with Gasteiger partial charge in [-0.3, -0.25) is 0 Å². The number of alkyl halides is 3. The van der Waals surface area contributed by atoms with Gasteiger partial charge < -0.3 is 9.15 Å². The number of halogens is 4. The highest BCUT2D eigenvalue weighted by atomic mass is 19.4. The topological polar surface area (TPSA) is 93.9 Å². The highest BCUT2D eigenvalue weighted by Gasteiger charge is 2.30. The predicted molar refractivity (Wildman–Crippen MR) is 89.9 cm³/mol. The summed E-state index contributed by atoms with van der Waals surface area (Å²) in [5, 5.41) is 9.80. The van der Waals surface area contributed by atoms with Gasteiger partial charge in [0.15, 0.2) is 0 Å². The molecule has 0 bridgehead atoms. The molecule has 0 saturated carbocycles. The van der Waals surface area contributed by atoms with E-state index < -0.39 is 23.5 Å². The molecule has 0 aliphatic carbocycles. The molecule has 7 nitrogen and oxygen atoms in total. The molecule has 0 unspecified atom stereocenters.